The van der Waals surface area contributed by atoms with E-state index in [1.54, 1.807) is 0 Å². The molecule has 0 aliphatic carbocycles. The molecule has 0 aliphatic rings. The molecule has 0 atom stereocenters. The van der Waals surface area contributed by atoms with Gasteiger partial charge in [-0.3, -0.25) is 0 Å². The Morgan fingerprint density at radius 3 is 1.29 bits per heavy atom. The summed E-state index contributed by atoms with van der Waals surface area (Å²) < 4.78 is 8.88. The van der Waals surface area contributed by atoms with Crippen LogP contribution in [0.5, 0.6) is 0 Å². The summed E-state index contributed by atoms with van der Waals surface area (Å²) in [6, 6.07) is 0. The summed E-state index contributed by atoms with van der Waals surface area (Å²) in [7, 11) is -4.64. The van der Waals surface area contributed by atoms with Gasteiger partial charge >= 0.3 is 94.4 Å². The number of phosphoric acid groups is 1. The first-order valence-electron chi connectivity index (χ1n) is 0.783. The van der Waals surface area contributed by atoms with E-state index in [9.17, 15) is 0 Å². The van der Waals surface area contributed by atoms with Gasteiger partial charge in [0.2, 0.25) is 0 Å². The molecule has 4 nitrogen and oxygen atoms in total. The average Bonchev–Trinajstić information content (AvgIpc) is 0.722. The summed E-state index contributed by atoms with van der Waals surface area (Å²) in [5.74, 6) is 0. The molecule has 0 unspecified atom stereocenters. The van der Waals surface area contributed by atoms with Gasteiger partial charge in [-0.15, -0.1) is 0 Å². The van der Waals surface area contributed by atoms with Crippen molar-refractivity contribution in [3.63, 3.8) is 0 Å². The number of hydrogen-bond donors (Lipinski definition) is 3. The van der Waals surface area contributed by atoms with Crippen molar-refractivity contribution in [2.75, 3.05) is 0 Å². The standard InChI is InChI=1S/Ba.Ca.H3O4P.4H/c;;1-5(2,3)4;;;;/h;;(H3,1,2,3,4);;;;/q2*+2;;4*-1. The molecular weight excluding hydrogens is 272 g/mol. The Hall–Kier alpha value is 2.94. The van der Waals surface area contributed by atoms with Crippen LogP contribution in [0.4, 0.5) is 0 Å². The van der Waals surface area contributed by atoms with Gasteiger partial charge in [0.15, 0.2) is 0 Å². The minimum Gasteiger partial charge on any atom is -1.00 e. The SMILES string of the molecule is O=P(O)(O)O.[Ba+2].[Ca+2].[H-].[H-].[H-].[H-]. The molecular formula is H7BaCaO4P. The molecule has 0 saturated heterocycles. The monoisotopic (exact) mass is 280 g/mol. The zero-order chi connectivity index (χ0) is 4.50. The van der Waals surface area contributed by atoms with Gasteiger partial charge in [0.1, 0.15) is 0 Å². The molecule has 0 radical (unpaired) electrons. The van der Waals surface area contributed by atoms with Crippen molar-refractivity contribution in [2.24, 2.45) is 0 Å². The van der Waals surface area contributed by atoms with Crippen LogP contribution in [0.1, 0.15) is 5.71 Å². The molecule has 7 heavy (non-hydrogen) atoms. The molecule has 0 aliphatic heterocycles. The second-order valence-electron chi connectivity index (χ2n) is 0.513. The zero-order valence-electron chi connectivity index (χ0n) is 7.61. The van der Waals surface area contributed by atoms with Gasteiger partial charge < -0.3 is 20.4 Å². The third-order valence-corrected chi connectivity index (χ3v) is 0. The van der Waals surface area contributed by atoms with Gasteiger partial charge in [-0.25, -0.2) is 4.57 Å². The summed E-state index contributed by atoms with van der Waals surface area (Å²) in [5.41, 5.74) is 0. The van der Waals surface area contributed by atoms with Gasteiger partial charge in [0.05, 0.1) is 0 Å². The van der Waals surface area contributed by atoms with Crippen LogP contribution in [0.25, 0.3) is 0 Å². The van der Waals surface area contributed by atoms with E-state index in [1.165, 1.54) is 0 Å². The molecule has 3 N–H and O–H groups in total. The van der Waals surface area contributed by atoms with Crippen LogP contribution in [0, 0.1) is 0 Å². The maximum atomic E-state index is 8.88. The minimum atomic E-state index is -4.64. The van der Waals surface area contributed by atoms with Crippen LogP contribution in [-0.4, -0.2) is 101 Å². The van der Waals surface area contributed by atoms with E-state index in [0.29, 0.717) is 0 Å². The van der Waals surface area contributed by atoms with E-state index in [2.05, 4.69) is 0 Å². The molecule has 0 fully saturated rings. The number of hydrogen-bond acceptors (Lipinski definition) is 1. The maximum Gasteiger partial charge on any atom is 2.00 e. The molecule has 0 bridgehead atoms. The first-order valence-corrected chi connectivity index (χ1v) is 2.35. The van der Waals surface area contributed by atoms with Crippen LogP contribution in [0.2, 0.25) is 0 Å². The van der Waals surface area contributed by atoms with Gasteiger partial charge in [0, 0.05) is 0 Å². The van der Waals surface area contributed by atoms with E-state index in [4.69, 9.17) is 19.2 Å². The van der Waals surface area contributed by atoms with Crippen molar-refractivity contribution in [2.45, 2.75) is 0 Å². The maximum absolute atomic E-state index is 8.88. The van der Waals surface area contributed by atoms with Crippen molar-refractivity contribution in [1.29, 1.82) is 0 Å². The Morgan fingerprint density at radius 1 is 1.29 bits per heavy atom. The molecule has 7 heteroatoms. The van der Waals surface area contributed by atoms with E-state index in [-0.39, 0.29) is 92.3 Å². The van der Waals surface area contributed by atoms with Crippen LogP contribution in [-0.2, 0) is 4.57 Å². The van der Waals surface area contributed by atoms with E-state index in [0.717, 1.165) is 0 Å². The van der Waals surface area contributed by atoms with Crippen LogP contribution < -0.4 is 0 Å². The predicted molar refractivity (Wildman–Crippen MR) is 30.2 cm³/mol. The van der Waals surface area contributed by atoms with E-state index >= 15 is 0 Å². The zero-order valence-corrected chi connectivity index (χ0v) is 11.2. The molecule has 40 valence electrons. The third-order valence-electron chi connectivity index (χ3n) is 0. The molecule has 0 rings (SSSR count). The fourth-order valence-electron chi connectivity index (χ4n) is 0. The minimum absolute atomic E-state index is 0. The summed E-state index contributed by atoms with van der Waals surface area (Å²) >= 11 is 0. The Kier molecular flexibility index (Phi) is 16.6. The largest absolute Gasteiger partial charge is 2.00 e. The molecule has 0 heterocycles. The van der Waals surface area contributed by atoms with Gasteiger partial charge in [-0.05, 0) is 0 Å². The molecule has 0 aromatic heterocycles. The second-order valence-corrected chi connectivity index (χ2v) is 1.54. The fraction of sp³-hybridized carbons (Fsp3) is 0. The summed E-state index contributed by atoms with van der Waals surface area (Å²) in [6.45, 7) is 0. The quantitative estimate of drug-likeness (QED) is 0.383. The average molecular weight is 279 g/mol. The van der Waals surface area contributed by atoms with E-state index in [1.807, 2.05) is 0 Å². The fourth-order valence-corrected chi connectivity index (χ4v) is 0. The van der Waals surface area contributed by atoms with Gasteiger partial charge in [-0.1, -0.05) is 0 Å². The Morgan fingerprint density at radius 2 is 1.29 bits per heavy atom. The molecule has 0 aromatic carbocycles. The summed E-state index contributed by atoms with van der Waals surface area (Å²) in [6.07, 6.45) is 0. The molecule has 0 aromatic rings. The van der Waals surface area contributed by atoms with Gasteiger partial charge in [-0.2, -0.15) is 0 Å². The molecule has 0 amide bonds. The van der Waals surface area contributed by atoms with Crippen LogP contribution in [0.3, 0.4) is 0 Å². The van der Waals surface area contributed by atoms with Crippen LogP contribution in [0.15, 0.2) is 0 Å². The van der Waals surface area contributed by atoms with Crippen molar-refractivity contribution >= 4 is 94.4 Å². The predicted octanol–water partition coefficient (Wildman–Crippen LogP) is -1.24. The van der Waals surface area contributed by atoms with E-state index < -0.39 is 7.82 Å². The summed E-state index contributed by atoms with van der Waals surface area (Å²) in [5, 5.41) is 0. The third kappa shape index (κ3) is 49.8. The molecule has 0 saturated carbocycles. The smallest absolute Gasteiger partial charge is 1.00 e. The first-order chi connectivity index (χ1) is 2.00. The Bertz CT molecular complexity index is 68.2. The number of rotatable bonds is 0. The van der Waals surface area contributed by atoms with Gasteiger partial charge in [0.25, 0.3) is 0 Å². The normalized spacial score (nSPS) is 8.43. The van der Waals surface area contributed by atoms with Crippen molar-refractivity contribution in [3.8, 4) is 0 Å². The Balaban J connectivity index is -0.00000000533. The Labute approximate surface area is 117 Å². The topological polar surface area (TPSA) is 77.8 Å². The van der Waals surface area contributed by atoms with Crippen molar-refractivity contribution in [3.05, 3.63) is 0 Å². The van der Waals surface area contributed by atoms with Crippen molar-refractivity contribution < 1.29 is 25.0 Å². The second kappa shape index (κ2) is 7.05. The van der Waals surface area contributed by atoms with Crippen molar-refractivity contribution in [1.82, 2.24) is 0 Å². The van der Waals surface area contributed by atoms with Crippen LogP contribution >= 0.6 is 7.82 Å². The summed E-state index contributed by atoms with van der Waals surface area (Å²) in [4.78, 5) is 21.6. The first kappa shape index (κ1) is 16.5. The molecule has 0 spiro atoms.